The van der Waals surface area contributed by atoms with Gasteiger partial charge in [-0.05, 0) is 62.4 Å². The first-order valence-electron chi connectivity index (χ1n) is 9.86. The highest BCUT2D eigenvalue weighted by molar-refractivity contribution is 7.89. The summed E-state index contributed by atoms with van der Waals surface area (Å²) in [5, 5.41) is 2.97. The molecule has 150 valence electrons. The van der Waals surface area contributed by atoms with Gasteiger partial charge in [0.15, 0.2) is 0 Å². The zero-order valence-electron chi connectivity index (χ0n) is 16.7. The minimum Gasteiger partial charge on any atom is -0.321 e. The highest BCUT2D eigenvalue weighted by atomic mass is 32.2. The van der Waals surface area contributed by atoms with Gasteiger partial charge in [0.05, 0.1) is 4.90 Å². The maximum Gasteiger partial charge on any atom is 0.255 e. The number of carbonyl (C=O) groups excluding carboxylic acids is 1. The zero-order valence-corrected chi connectivity index (χ0v) is 17.6. The average molecular weight is 401 g/mol. The molecule has 6 heteroatoms. The van der Waals surface area contributed by atoms with Gasteiger partial charge in [-0.3, -0.25) is 4.79 Å². The monoisotopic (exact) mass is 400 g/mol. The Morgan fingerprint density at radius 3 is 2.64 bits per heavy atom. The fraction of sp³-hybridized carbons (Fsp3) is 0.409. The molecule has 0 aromatic heterocycles. The lowest BCUT2D eigenvalue weighted by Gasteiger charge is -2.32. The molecule has 1 aliphatic heterocycles. The molecule has 0 aliphatic carbocycles. The molecule has 2 aromatic carbocycles. The van der Waals surface area contributed by atoms with Crippen LogP contribution < -0.4 is 5.32 Å². The number of nitrogens with zero attached hydrogens (tertiary/aromatic N) is 1. The molecule has 5 nitrogen and oxygen atoms in total. The van der Waals surface area contributed by atoms with E-state index in [9.17, 15) is 13.2 Å². The summed E-state index contributed by atoms with van der Waals surface area (Å²) in [6, 6.07) is 12.2. The summed E-state index contributed by atoms with van der Waals surface area (Å²) in [7, 11) is -3.61. The Morgan fingerprint density at radius 1 is 1.18 bits per heavy atom. The van der Waals surface area contributed by atoms with Crippen LogP contribution in [0.5, 0.6) is 0 Å². The number of nitrogens with one attached hydrogen (secondary N) is 1. The Hall–Kier alpha value is -2.18. The van der Waals surface area contributed by atoms with E-state index in [0.29, 0.717) is 12.1 Å². The Balaban J connectivity index is 1.88. The molecular formula is C22H28N2O3S. The van der Waals surface area contributed by atoms with E-state index < -0.39 is 10.0 Å². The SMILES string of the molecule is CCc1cccc(C)c1NC(=O)c1cccc(S(=O)(=O)N2CCCCC2C)c1. The van der Waals surface area contributed by atoms with Crippen molar-refractivity contribution in [3.8, 4) is 0 Å². The fourth-order valence-electron chi connectivity index (χ4n) is 3.75. The van der Waals surface area contributed by atoms with Crippen molar-refractivity contribution in [1.29, 1.82) is 0 Å². The number of hydrogen-bond donors (Lipinski definition) is 1. The minimum absolute atomic E-state index is 0.0182. The van der Waals surface area contributed by atoms with Gasteiger partial charge in [-0.25, -0.2) is 8.42 Å². The molecule has 0 spiro atoms. The van der Waals surface area contributed by atoms with Gasteiger partial charge >= 0.3 is 0 Å². The number of piperidine rings is 1. The van der Waals surface area contributed by atoms with Crippen molar-refractivity contribution in [3.05, 3.63) is 59.2 Å². The molecule has 3 rings (SSSR count). The molecule has 1 atom stereocenters. The van der Waals surface area contributed by atoms with E-state index in [1.165, 1.54) is 6.07 Å². The van der Waals surface area contributed by atoms with E-state index in [1.54, 1.807) is 22.5 Å². The van der Waals surface area contributed by atoms with E-state index in [2.05, 4.69) is 5.32 Å². The van der Waals surface area contributed by atoms with Gasteiger partial charge in [0.2, 0.25) is 10.0 Å². The first kappa shape index (κ1) is 20.6. The van der Waals surface area contributed by atoms with Crippen LogP contribution in [0, 0.1) is 6.92 Å². The van der Waals surface area contributed by atoms with Crippen LogP contribution in [-0.2, 0) is 16.4 Å². The summed E-state index contributed by atoms with van der Waals surface area (Å²) in [5.41, 5.74) is 3.18. The Labute approximate surface area is 167 Å². The summed E-state index contributed by atoms with van der Waals surface area (Å²) in [6.07, 6.45) is 3.59. The van der Waals surface area contributed by atoms with Gasteiger partial charge in [0, 0.05) is 23.8 Å². The molecule has 0 radical (unpaired) electrons. The standard InChI is InChI=1S/C22H28N2O3S/c1-4-18-11-7-9-16(2)21(18)23-22(25)19-12-8-13-20(15-19)28(26,27)24-14-6-5-10-17(24)3/h7-9,11-13,15,17H,4-6,10,14H2,1-3H3,(H,23,25). The number of hydrogen-bond acceptors (Lipinski definition) is 3. The molecule has 1 saturated heterocycles. The van der Waals surface area contributed by atoms with Gasteiger partial charge in [-0.2, -0.15) is 4.31 Å². The molecule has 1 heterocycles. The predicted octanol–water partition coefficient (Wildman–Crippen LogP) is 4.37. The number of carbonyl (C=O) groups is 1. The summed E-state index contributed by atoms with van der Waals surface area (Å²) in [5.74, 6) is -0.298. The van der Waals surface area contributed by atoms with Crippen molar-refractivity contribution in [2.24, 2.45) is 0 Å². The summed E-state index contributed by atoms with van der Waals surface area (Å²) >= 11 is 0. The maximum absolute atomic E-state index is 13.1. The molecule has 0 bridgehead atoms. The lowest BCUT2D eigenvalue weighted by atomic mass is 10.1. The van der Waals surface area contributed by atoms with Gasteiger partial charge in [-0.15, -0.1) is 0 Å². The third kappa shape index (κ3) is 4.13. The van der Waals surface area contributed by atoms with Crippen molar-refractivity contribution in [2.45, 2.75) is 57.4 Å². The largest absolute Gasteiger partial charge is 0.321 e. The van der Waals surface area contributed by atoms with Crippen molar-refractivity contribution < 1.29 is 13.2 Å². The molecule has 1 unspecified atom stereocenters. The van der Waals surface area contributed by atoms with E-state index in [1.807, 2.05) is 39.0 Å². The van der Waals surface area contributed by atoms with E-state index in [4.69, 9.17) is 0 Å². The molecule has 1 amide bonds. The molecule has 1 fully saturated rings. The van der Waals surface area contributed by atoms with Gasteiger partial charge in [0.25, 0.3) is 5.91 Å². The number of sulfonamides is 1. The Bertz CT molecular complexity index is 969. The number of amides is 1. The first-order valence-corrected chi connectivity index (χ1v) is 11.3. The fourth-order valence-corrected chi connectivity index (χ4v) is 5.50. The van der Waals surface area contributed by atoms with Gasteiger partial charge in [-0.1, -0.05) is 37.6 Å². The molecule has 0 saturated carbocycles. The maximum atomic E-state index is 13.1. The smallest absolute Gasteiger partial charge is 0.255 e. The van der Waals surface area contributed by atoms with Crippen molar-refractivity contribution in [3.63, 3.8) is 0 Å². The van der Waals surface area contributed by atoms with E-state index in [0.717, 1.165) is 42.5 Å². The van der Waals surface area contributed by atoms with Gasteiger partial charge in [0.1, 0.15) is 0 Å². The Kier molecular flexibility index (Phi) is 6.20. The highest BCUT2D eigenvalue weighted by Gasteiger charge is 2.31. The quantitative estimate of drug-likeness (QED) is 0.810. The third-order valence-electron chi connectivity index (χ3n) is 5.42. The summed E-state index contributed by atoms with van der Waals surface area (Å²) in [4.78, 5) is 13.0. The summed E-state index contributed by atoms with van der Waals surface area (Å²) in [6.45, 7) is 6.46. The van der Waals surface area contributed by atoms with Crippen LogP contribution in [-0.4, -0.2) is 31.2 Å². The zero-order chi connectivity index (χ0) is 20.3. The molecular weight excluding hydrogens is 372 g/mol. The minimum atomic E-state index is -3.61. The van der Waals surface area contributed by atoms with Crippen molar-refractivity contribution >= 4 is 21.6 Å². The number of anilines is 1. The van der Waals surface area contributed by atoms with Crippen LogP contribution >= 0.6 is 0 Å². The normalized spacial score (nSPS) is 18.0. The van der Waals surface area contributed by atoms with Crippen LogP contribution in [0.2, 0.25) is 0 Å². The molecule has 28 heavy (non-hydrogen) atoms. The number of rotatable bonds is 5. The second kappa shape index (κ2) is 8.45. The topological polar surface area (TPSA) is 66.5 Å². The average Bonchev–Trinajstić information content (AvgIpc) is 2.69. The first-order chi connectivity index (χ1) is 13.3. The molecule has 2 aromatic rings. The van der Waals surface area contributed by atoms with Crippen LogP contribution in [0.3, 0.4) is 0 Å². The molecule has 1 N–H and O–H groups in total. The molecule has 1 aliphatic rings. The van der Waals surface area contributed by atoms with Crippen LogP contribution in [0.25, 0.3) is 0 Å². The van der Waals surface area contributed by atoms with Crippen LogP contribution in [0.4, 0.5) is 5.69 Å². The van der Waals surface area contributed by atoms with Crippen molar-refractivity contribution in [1.82, 2.24) is 4.31 Å². The second-order valence-electron chi connectivity index (χ2n) is 7.41. The second-order valence-corrected chi connectivity index (χ2v) is 9.30. The highest BCUT2D eigenvalue weighted by Crippen LogP contribution is 2.26. The predicted molar refractivity (Wildman–Crippen MR) is 112 cm³/mol. The van der Waals surface area contributed by atoms with Crippen molar-refractivity contribution in [2.75, 3.05) is 11.9 Å². The van der Waals surface area contributed by atoms with Crippen LogP contribution in [0.1, 0.15) is 54.6 Å². The van der Waals surface area contributed by atoms with Gasteiger partial charge < -0.3 is 5.32 Å². The lowest BCUT2D eigenvalue weighted by molar-refractivity contribution is 0.102. The van der Waals surface area contributed by atoms with E-state index in [-0.39, 0.29) is 16.8 Å². The Morgan fingerprint density at radius 2 is 1.93 bits per heavy atom. The number of para-hydroxylation sites is 1. The number of benzene rings is 2. The van der Waals surface area contributed by atoms with Crippen LogP contribution in [0.15, 0.2) is 47.4 Å². The van der Waals surface area contributed by atoms with E-state index >= 15 is 0 Å². The lowest BCUT2D eigenvalue weighted by Crippen LogP contribution is -2.41. The summed E-state index contributed by atoms with van der Waals surface area (Å²) < 4.78 is 27.7. The number of aryl methyl sites for hydroxylation is 2. The third-order valence-corrected chi connectivity index (χ3v) is 7.43.